The molecular formula is C15H22B3FN4O2. The minimum Gasteiger partial charge on any atom is -0.443 e. The summed E-state index contributed by atoms with van der Waals surface area (Å²) in [6, 6.07) is 1.33. The average Bonchev–Trinajstić information content (AvgIpc) is 2.77. The summed E-state index contributed by atoms with van der Waals surface area (Å²) in [6.45, 7) is 7.25. The third-order valence-corrected chi connectivity index (χ3v) is 3.32. The number of pyridine rings is 1. The molecule has 6 nitrogen and oxygen atoms in total. The van der Waals surface area contributed by atoms with E-state index in [1.54, 1.807) is 18.0 Å². The number of amides is 1. The summed E-state index contributed by atoms with van der Waals surface area (Å²) >= 11 is 0. The summed E-state index contributed by atoms with van der Waals surface area (Å²) in [6.07, 6.45) is 3.86. The van der Waals surface area contributed by atoms with Crippen LogP contribution in [0, 0.1) is 12.7 Å². The van der Waals surface area contributed by atoms with Crippen molar-refractivity contribution in [2.24, 2.45) is 0 Å². The van der Waals surface area contributed by atoms with Gasteiger partial charge in [-0.05, 0) is 32.9 Å². The molecule has 0 saturated heterocycles. The number of carbonyl (C=O) groups is 1. The third-order valence-electron chi connectivity index (χ3n) is 3.32. The smallest absolute Gasteiger partial charge is 0.413 e. The van der Waals surface area contributed by atoms with Gasteiger partial charge in [0.1, 0.15) is 35.0 Å². The van der Waals surface area contributed by atoms with Crippen molar-refractivity contribution in [1.29, 1.82) is 0 Å². The Labute approximate surface area is 150 Å². The van der Waals surface area contributed by atoms with Gasteiger partial charge < -0.3 is 4.74 Å². The molecule has 0 saturated carbocycles. The zero-order valence-electron chi connectivity index (χ0n) is 15.8. The maximum atomic E-state index is 13.4. The predicted molar refractivity (Wildman–Crippen MR) is 103 cm³/mol. The molecule has 0 radical (unpaired) electrons. The second kappa shape index (κ2) is 6.57. The van der Waals surface area contributed by atoms with Crippen LogP contribution in [0.15, 0.2) is 24.7 Å². The van der Waals surface area contributed by atoms with Gasteiger partial charge in [0, 0.05) is 6.07 Å². The molecule has 0 aromatic carbocycles. The largest absolute Gasteiger partial charge is 0.443 e. The van der Waals surface area contributed by atoms with E-state index in [1.807, 2.05) is 44.3 Å². The van der Waals surface area contributed by atoms with Gasteiger partial charge in [-0.2, -0.15) is 5.10 Å². The molecule has 0 unspecified atom stereocenters. The zero-order valence-corrected chi connectivity index (χ0v) is 15.8. The molecule has 2 rings (SSSR count). The van der Waals surface area contributed by atoms with Crippen LogP contribution in [0.3, 0.4) is 0 Å². The first-order chi connectivity index (χ1) is 11.4. The monoisotopic (exact) mass is 342 g/mol. The highest BCUT2D eigenvalue weighted by Gasteiger charge is 2.34. The molecule has 0 fully saturated rings. The van der Waals surface area contributed by atoms with Crippen LogP contribution in [0.5, 0.6) is 0 Å². The van der Waals surface area contributed by atoms with Crippen molar-refractivity contribution in [3.63, 3.8) is 0 Å². The number of nitrogens with zero attached hydrogens (tertiary/aromatic N) is 4. The first-order valence-corrected chi connectivity index (χ1v) is 8.09. The van der Waals surface area contributed by atoms with Crippen molar-refractivity contribution < 1.29 is 13.9 Å². The SMILES string of the molecule is BC(B)(B)N(C(=O)OC(C)(C)C)c1cn(-c2cncc(F)c2)nc1C. The fourth-order valence-electron chi connectivity index (χ4n) is 2.37. The van der Waals surface area contributed by atoms with E-state index < -0.39 is 22.7 Å². The standard InChI is InChI=1S/C15H22B3FN4O2/c1-9-12(8-22(21-9)11-5-10(19)6-20-7-11)23(15(16,17)18)13(24)25-14(2,3)4/h5-8H,16-18H2,1-4H3. The lowest BCUT2D eigenvalue weighted by atomic mass is 9.48. The lowest BCUT2D eigenvalue weighted by Crippen LogP contribution is -2.55. The molecule has 2 heterocycles. The van der Waals surface area contributed by atoms with Gasteiger partial charge in [-0.15, -0.1) is 0 Å². The highest BCUT2D eigenvalue weighted by atomic mass is 19.1. The molecule has 130 valence electrons. The van der Waals surface area contributed by atoms with Gasteiger partial charge in [-0.3, -0.25) is 9.88 Å². The molecule has 25 heavy (non-hydrogen) atoms. The van der Waals surface area contributed by atoms with E-state index in [0.717, 1.165) is 6.20 Å². The number of rotatable bonds is 3. The number of anilines is 1. The number of hydrogen-bond acceptors (Lipinski definition) is 4. The molecule has 0 aliphatic heterocycles. The minimum atomic E-state index is -0.614. The first kappa shape index (κ1) is 19.1. The number of ether oxygens (including phenoxy) is 1. The Morgan fingerprint density at radius 2 is 1.92 bits per heavy atom. The maximum Gasteiger partial charge on any atom is 0.413 e. The summed E-state index contributed by atoms with van der Waals surface area (Å²) in [7, 11) is 5.74. The van der Waals surface area contributed by atoms with Gasteiger partial charge in [-0.1, -0.05) is 0 Å². The van der Waals surface area contributed by atoms with Gasteiger partial charge in [-0.25, -0.2) is 13.9 Å². The minimum absolute atomic E-state index is 0.452. The molecule has 0 aliphatic rings. The van der Waals surface area contributed by atoms with E-state index in [1.165, 1.54) is 16.9 Å². The van der Waals surface area contributed by atoms with E-state index in [0.29, 0.717) is 17.1 Å². The number of halogens is 1. The Morgan fingerprint density at radius 3 is 2.44 bits per heavy atom. The summed E-state index contributed by atoms with van der Waals surface area (Å²) in [5, 5.41) is 3.87. The number of aromatic nitrogens is 3. The highest BCUT2D eigenvalue weighted by molar-refractivity contribution is 6.62. The predicted octanol–water partition coefficient (Wildman–Crippen LogP) is -0.0331. The van der Waals surface area contributed by atoms with E-state index in [4.69, 9.17) is 4.74 Å². The molecule has 0 N–H and O–H groups in total. The summed E-state index contributed by atoms with van der Waals surface area (Å²) in [5.41, 5.74) is 1.10. The molecule has 2 aromatic rings. The van der Waals surface area contributed by atoms with Gasteiger partial charge >= 0.3 is 6.09 Å². The fourth-order valence-corrected chi connectivity index (χ4v) is 2.37. The van der Waals surface area contributed by atoms with Crippen LogP contribution in [0.1, 0.15) is 26.5 Å². The molecule has 10 heteroatoms. The van der Waals surface area contributed by atoms with Gasteiger partial charge in [0.15, 0.2) is 0 Å². The Balaban J connectivity index is 2.47. The van der Waals surface area contributed by atoms with Crippen LogP contribution in [-0.4, -0.2) is 55.2 Å². The van der Waals surface area contributed by atoms with E-state index in [9.17, 15) is 9.18 Å². The Bertz CT molecular complexity index is 784. The fraction of sp³-hybridized carbons (Fsp3) is 0.400. The van der Waals surface area contributed by atoms with Crippen molar-refractivity contribution in [1.82, 2.24) is 14.8 Å². The Kier molecular flexibility index (Phi) is 5.02. The average molecular weight is 342 g/mol. The molecule has 0 bridgehead atoms. The molecule has 0 aliphatic carbocycles. The zero-order chi connectivity index (χ0) is 19.0. The Hall–Kier alpha value is -2.25. The Morgan fingerprint density at radius 1 is 1.28 bits per heavy atom. The van der Waals surface area contributed by atoms with E-state index in [2.05, 4.69) is 10.1 Å². The van der Waals surface area contributed by atoms with Crippen LogP contribution in [-0.2, 0) is 4.74 Å². The van der Waals surface area contributed by atoms with Crippen LogP contribution < -0.4 is 4.90 Å². The van der Waals surface area contributed by atoms with Crippen LogP contribution in [0.2, 0.25) is 0 Å². The van der Waals surface area contributed by atoms with Crippen molar-refractivity contribution in [3.8, 4) is 5.69 Å². The lowest BCUT2D eigenvalue weighted by Gasteiger charge is -2.36. The van der Waals surface area contributed by atoms with Gasteiger partial charge in [0.2, 0.25) is 0 Å². The number of aryl methyl sites for hydroxylation is 1. The van der Waals surface area contributed by atoms with Crippen molar-refractivity contribution in [2.45, 2.75) is 38.5 Å². The molecule has 0 atom stereocenters. The van der Waals surface area contributed by atoms with Crippen molar-refractivity contribution in [3.05, 3.63) is 36.2 Å². The lowest BCUT2D eigenvalue weighted by molar-refractivity contribution is 0.0579. The quantitative estimate of drug-likeness (QED) is 0.735. The molecule has 2 aromatic heterocycles. The number of hydrogen-bond donors (Lipinski definition) is 0. The molecular weight excluding hydrogens is 320 g/mol. The van der Waals surface area contributed by atoms with Crippen molar-refractivity contribution in [2.75, 3.05) is 4.90 Å². The second-order valence-corrected chi connectivity index (χ2v) is 7.89. The molecule has 0 spiro atoms. The second-order valence-electron chi connectivity index (χ2n) is 7.89. The van der Waals surface area contributed by atoms with Crippen LogP contribution >= 0.6 is 0 Å². The number of carbonyl (C=O) groups excluding carboxylic acids is 1. The van der Waals surface area contributed by atoms with Gasteiger partial charge in [0.25, 0.3) is 0 Å². The first-order valence-electron chi connectivity index (χ1n) is 8.09. The van der Waals surface area contributed by atoms with Crippen LogP contribution in [0.25, 0.3) is 5.69 Å². The third kappa shape index (κ3) is 4.64. The molecule has 1 amide bonds. The summed E-state index contributed by atoms with van der Waals surface area (Å²) in [5.74, 6) is -0.452. The highest BCUT2D eigenvalue weighted by Crippen LogP contribution is 2.26. The van der Waals surface area contributed by atoms with Crippen LogP contribution in [0.4, 0.5) is 14.9 Å². The van der Waals surface area contributed by atoms with E-state index in [-0.39, 0.29) is 0 Å². The maximum absolute atomic E-state index is 13.4. The van der Waals surface area contributed by atoms with Crippen molar-refractivity contribution >= 4 is 35.3 Å². The normalized spacial score (nSPS) is 12.0. The van der Waals surface area contributed by atoms with Gasteiger partial charge in [0.05, 0.1) is 35.7 Å². The summed E-state index contributed by atoms with van der Waals surface area (Å²) in [4.78, 5) is 18.1. The topological polar surface area (TPSA) is 60.2 Å². The summed E-state index contributed by atoms with van der Waals surface area (Å²) < 4.78 is 20.5. The van der Waals surface area contributed by atoms with E-state index >= 15 is 0 Å².